The van der Waals surface area contributed by atoms with E-state index in [1.807, 2.05) is 6.92 Å². The van der Waals surface area contributed by atoms with Gasteiger partial charge in [0.05, 0.1) is 39.5 Å². The summed E-state index contributed by atoms with van der Waals surface area (Å²) in [5, 5.41) is 8.46. The quantitative estimate of drug-likeness (QED) is 0.302. The second-order valence-electron chi connectivity index (χ2n) is 3.73. The molecule has 7 heteroatoms. The molecule has 0 unspecified atom stereocenters. The van der Waals surface area contributed by atoms with Crippen molar-refractivity contribution in [3.05, 3.63) is 12.2 Å². The molecule has 0 radical (unpaired) electrons. The highest BCUT2D eigenvalue weighted by atomic mass is 16.6. The topological polar surface area (TPSA) is 91.3 Å². The summed E-state index contributed by atoms with van der Waals surface area (Å²) in [7, 11) is 0. The summed E-state index contributed by atoms with van der Waals surface area (Å²) in [5.41, 5.74) is -0.0863. The van der Waals surface area contributed by atoms with Gasteiger partial charge in [0.2, 0.25) is 0 Å². The summed E-state index contributed by atoms with van der Waals surface area (Å²) in [6.45, 7) is 8.08. The largest absolute Gasteiger partial charge is 0.481 e. The van der Waals surface area contributed by atoms with Gasteiger partial charge in [-0.2, -0.15) is 0 Å². The third kappa shape index (κ3) is 11.6. The van der Waals surface area contributed by atoms with Gasteiger partial charge in [-0.25, -0.2) is 4.79 Å². The maximum atomic E-state index is 11.2. The molecule has 0 rings (SSSR count). The Morgan fingerprint density at radius 3 is 1.95 bits per heavy atom. The van der Waals surface area contributed by atoms with Gasteiger partial charge in [-0.05, 0) is 6.92 Å². The van der Waals surface area contributed by atoms with Crippen molar-refractivity contribution in [1.29, 1.82) is 0 Å². The molecule has 0 amide bonds. The maximum Gasteiger partial charge on any atom is 0.334 e. The van der Waals surface area contributed by atoms with E-state index in [1.54, 1.807) is 0 Å². The zero-order chi connectivity index (χ0) is 15.2. The minimum atomic E-state index is -1.12. The monoisotopic (exact) mass is 290 g/mol. The first-order chi connectivity index (χ1) is 9.57. The molecule has 0 aliphatic heterocycles. The van der Waals surface area contributed by atoms with Crippen molar-refractivity contribution in [2.24, 2.45) is 0 Å². The fourth-order valence-corrected chi connectivity index (χ4v) is 1.13. The normalized spacial score (nSPS) is 10.2. The summed E-state index contributed by atoms with van der Waals surface area (Å²) >= 11 is 0. The lowest BCUT2D eigenvalue weighted by Gasteiger charge is -2.07. The Labute approximate surface area is 118 Å². The second kappa shape index (κ2) is 12.6. The summed E-state index contributed by atoms with van der Waals surface area (Å²) in [5.74, 6) is -1.84. The van der Waals surface area contributed by atoms with Crippen LogP contribution in [0.4, 0.5) is 0 Å². The fourth-order valence-electron chi connectivity index (χ4n) is 1.13. The van der Waals surface area contributed by atoms with E-state index in [0.29, 0.717) is 33.0 Å². The number of ether oxygens (including phenoxy) is 4. The molecule has 0 aromatic heterocycles. The van der Waals surface area contributed by atoms with Crippen molar-refractivity contribution in [2.75, 3.05) is 46.2 Å². The van der Waals surface area contributed by atoms with Crippen LogP contribution in [0.1, 0.15) is 13.3 Å². The maximum absolute atomic E-state index is 11.2. The van der Waals surface area contributed by atoms with Crippen LogP contribution in [0, 0.1) is 0 Å². The molecule has 116 valence electrons. The Kier molecular flexibility index (Phi) is 11.7. The van der Waals surface area contributed by atoms with E-state index < -0.39 is 18.4 Å². The van der Waals surface area contributed by atoms with Crippen LogP contribution in [0.5, 0.6) is 0 Å². The molecule has 7 nitrogen and oxygen atoms in total. The van der Waals surface area contributed by atoms with Crippen molar-refractivity contribution >= 4 is 11.9 Å². The minimum Gasteiger partial charge on any atom is -0.481 e. The van der Waals surface area contributed by atoms with E-state index >= 15 is 0 Å². The first-order valence-corrected chi connectivity index (χ1v) is 6.37. The number of carbonyl (C=O) groups is 2. The van der Waals surface area contributed by atoms with Crippen molar-refractivity contribution in [1.82, 2.24) is 0 Å². The smallest absolute Gasteiger partial charge is 0.334 e. The number of hydrogen-bond acceptors (Lipinski definition) is 6. The molecule has 0 heterocycles. The van der Waals surface area contributed by atoms with Gasteiger partial charge in [0.1, 0.15) is 6.61 Å². The van der Waals surface area contributed by atoms with Gasteiger partial charge in [0.25, 0.3) is 0 Å². The average molecular weight is 290 g/mol. The summed E-state index contributed by atoms with van der Waals surface area (Å²) in [4.78, 5) is 21.6. The Hall–Kier alpha value is -1.44. The molecular formula is C13H22O7. The van der Waals surface area contributed by atoms with Gasteiger partial charge in [-0.3, -0.25) is 4.79 Å². The van der Waals surface area contributed by atoms with Crippen LogP contribution in [0.25, 0.3) is 0 Å². The molecule has 20 heavy (non-hydrogen) atoms. The minimum absolute atomic E-state index is 0.0520. The molecule has 1 N–H and O–H groups in total. The summed E-state index contributed by atoms with van der Waals surface area (Å²) in [6, 6.07) is 0. The SMILES string of the molecule is C=C(CC(=O)O)C(=O)OCCOCCOCCOCC. The number of carbonyl (C=O) groups excluding carboxylic acids is 1. The highest BCUT2D eigenvalue weighted by Gasteiger charge is 2.11. The third-order valence-electron chi connectivity index (χ3n) is 2.06. The van der Waals surface area contributed by atoms with Crippen LogP contribution in [-0.2, 0) is 28.5 Å². The van der Waals surface area contributed by atoms with Gasteiger partial charge in [0.15, 0.2) is 0 Å². The zero-order valence-electron chi connectivity index (χ0n) is 11.8. The van der Waals surface area contributed by atoms with Gasteiger partial charge in [-0.15, -0.1) is 0 Å². The van der Waals surface area contributed by atoms with E-state index in [4.69, 9.17) is 24.1 Å². The van der Waals surface area contributed by atoms with Crippen LogP contribution in [0.3, 0.4) is 0 Å². The van der Waals surface area contributed by atoms with Crippen LogP contribution in [0.15, 0.2) is 12.2 Å². The number of carboxylic acid groups (broad SMARTS) is 1. The zero-order valence-corrected chi connectivity index (χ0v) is 11.8. The molecule has 0 saturated heterocycles. The van der Waals surface area contributed by atoms with Crippen molar-refractivity contribution in [2.45, 2.75) is 13.3 Å². The molecule has 0 aliphatic rings. The number of hydrogen-bond donors (Lipinski definition) is 1. The second-order valence-corrected chi connectivity index (χ2v) is 3.73. The molecule has 0 aliphatic carbocycles. The Bertz CT molecular complexity index is 301. The summed E-state index contributed by atoms with van der Waals surface area (Å²) in [6.07, 6.45) is -0.423. The lowest BCUT2D eigenvalue weighted by molar-refractivity contribution is -0.144. The standard InChI is InChI=1S/C13H22O7/c1-3-17-4-5-18-6-7-19-8-9-20-13(16)11(2)10-12(14)15/h2-10H2,1H3,(H,14,15). The Morgan fingerprint density at radius 2 is 1.45 bits per heavy atom. The van der Waals surface area contributed by atoms with Crippen LogP contribution < -0.4 is 0 Å². The number of rotatable bonds is 13. The third-order valence-corrected chi connectivity index (χ3v) is 2.06. The number of aliphatic carboxylic acids is 1. The van der Waals surface area contributed by atoms with Crippen LogP contribution >= 0.6 is 0 Å². The van der Waals surface area contributed by atoms with Crippen molar-refractivity contribution < 1.29 is 33.6 Å². The van der Waals surface area contributed by atoms with Crippen molar-refractivity contribution in [3.63, 3.8) is 0 Å². The highest BCUT2D eigenvalue weighted by Crippen LogP contribution is 2.00. The van der Waals surface area contributed by atoms with E-state index in [9.17, 15) is 9.59 Å². The van der Waals surface area contributed by atoms with Crippen molar-refractivity contribution in [3.8, 4) is 0 Å². The number of esters is 1. The van der Waals surface area contributed by atoms with E-state index in [1.165, 1.54) is 0 Å². The average Bonchev–Trinajstić information content (AvgIpc) is 2.39. The molecule has 0 bridgehead atoms. The van der Waals surface area contributed by atoms with E-state index in [0.717, 1.165) is 0 Å². The predicted octanol–water partition coefficient (Wildman–Crippen LogP) is 0.630. The van der Waals surface area contributed by atoms with E-state index in [-0.39, 0.29) is 18.8 Å². The molecule has 0 spiro atoms. The van der Waals surface area contributed by atoms with E-state index in [2.05, 4.69) is 6.58 Å². The molecule has 0 aromatic rings. The van der Waals surface area contributed by atoms with Gasteiger partial charge in [0, 0.05) is 12.2 Å². The molecule has 0 aromatic carbocycles. The van der Waals surface area contributed by atoms with Gasteiger partial charge < -0.3 is 24.1 Å². The molecule has 0 fully saturated rings. The lowest BCUT2D eigenvalue weighted by Crippen LogP contribution is -2.15. The van der Waals surface area contributed by atoms with Crippen LogP contribution in [0.2, 0.25) is 0 Å². The van der Waals surface area contributed by atoms with Gasteiger partial charge in [-0.1, -0.05) is 6.58 Å². The molecular weight excluding hydrogens is 268 g/mol. The first-order valence-electron chi connectivity index (χ1n) is 6.37. The van der Waals surface area contributed by atoms with Crippen LogP contribution in [-0.4, -0.2) is 63.3 Å². The highest BCUT2D eigenvalue weighted by molar-refractivity contribution is 5.92. The van der Waals surface area contributed by atoms with Gasteiger partial charge >= 0.3 is 11.9 Å². The number of carboxylic acids is 1. The Balaban J connectivity index is 3.33. The summed E-state index contributed by atoms with van der Waals surface area (Å²) < 4.78 is 20.2. The fraction of sp³-hybridized carbons (Fsp3) is 0.692. The Morgan fingerprint density at radius 1 is 0.950 bits per heavy atom. The molecule has 0 atom stereocenters. The first kappa shape index (κ1) is 18.6. The lowest BCUT2D eigenvalue weighted by atomic mass is 10.2. The predicted molar refractivity (Wildman–Crippen MR) is 70.5 cm³/mol. The molecule has 0 saturated carbocycles.